The van der Waals surface area contributed by atoms with Crippen molar-refractivity contribution < 1.29 is 9.90 Å². The van der Waals surface area contributed by atoms with Gasteiger partial charge in [-0.2, -0.15) is 5.21 Å². The molecule has 0 amide bonds. The molecule has 0 aromatic carbocycles. The number of hydrogen-bond acceptors (Lipinski definition) is 6. The standard InChI is InChI=1S/C7H6N6O2/c14-6(15)2-4-1-5(9-3-8-4)7-10-12-13-11-7/h1,3H,2H2,(H,14,15)(H,10,11,12,13). The molecule has 0 bridgehead atoms. The molecule has 0 aliphatic rings. The molecule has 2 heterocycles. The highest BCUT2D eigenvalue weighted by atomic mass is 16.4. The number of aromatic nitrogens is 6. The molecular formula is C7H6N6O2. The van der Waals surface area contributed by atoms with Crippen molar-refractivity contribution in [2.45, 2.75) is 6.42 Å². The fourth-order valence-corrected chi connectivity index (χ4v) is 1.04. The summed E-state index contributed by atoms with van der Waals surface area (Å²) in [4.78, 5) is 18.2. The zero-order valence-corrected chi connectivity index (χ0v) is 7.45. The summed E-state index contributed by atoms with van der Waals surface area (Å²) in [6, 6.07) is 1.51. The first-order valence-corrected chi connectivity index (χ1v) is 4.02. The predicted molar refractivity (Wildman–Crippen MR) is 46.5 cm³/mol. The smallest absolute Gasteiger partial charge is 0.309 e. The summed E-state index contributed by atoms with van der Waals surface area (Å²) in [6.45, 7) is 0. The number of rotatable bonds is 3. The van der Waals surface area contributed by atoms with Crippen molar-refractivity contribution in [3.63, 3.8) is 0 Å². The van der Waals surface area contributed by atoms with Crippen molar-refractivity contribution in [1.29, 1.82) is 0 Å². The fourth-order valence-electron chi connectivity index (χ4n) is 1.04. The van der Waals surface area contributed by atoms with Crippen LogP contribution in [0.1, 0.15) is 5.69 Å². The maximum Gasteiger partial charge on any atom is 0.309 e. The Kier molecular flexibility index (Phi) is 2.31. The average Bonchev–Trinajstić information content (AvgIpc) is 2.69. The highest BCUT2D eigenvalue weighted by Crippen LogP contribution is 2.09. The monoisotopic (exact) mass is 206 g/mol. The summed E-state index contributed by atoms with van der Waals surface area (Å²) in [5.41, 5.74) is 0.840. The molecule has 15 heavy (non-hydrogen) atoms. The van der Waals surface area contributed by atoms with E-state index in [1.807, 2.05) is 0 Å². The number of carboxylic acids is 1. The van der Waals surface area contributed by atoms with Crippen LogP contribution >= 0.6 is 0 Å². The predicted octanol–water partition coefficient (Wildman–Crippen LogP) is -0.716. The number of aliphatic carboxylic acids is 1. The highest BCUT2D eigenvalue weighted by molar-refractivity contribution is 5.70. The lowest BCUT2D eigenvalue weighted by molar-refractivity contribution is -0.136. The molecule has 0 saturated carbocycles. The number of hydrogen-bond donors (Lipinski definition) is 2. The number of carbonyl (C=O) groups is 1. The van der Waals surface area contributed by atoms with Crippen molar-refractivity contribution in [2.75, 3.05) is 0 Å². The van der Waals surface area contributed by atoms with E-state index in [0.29, 0.717) is 17.2 Å². The van der Waals surface area contributed by atoms with Crippen LogP contribution in [0.4, 0.5) is 0 Å². The summed E-state index contributed by atoms with van der Waals surface area (Å²) in [6.07, 6.45) is 1.11. The fraction of sp³-hybridized carbons (Fsp3) is 0.143. The lowest BCUT2D eigenvalue weighted by atomic mass is 10.2. The molecule has 0 radical (unpaired) electrons. The van der Waals surface area contributed by atoms with Gasteiger partial charge in [-0.1, -0.05) is 0 Å². The topological polar surface area (TPSA) is 118 Å². The van der Waals surface area contributed by atoms with E-state index in [2.05, 4.69) is 30.6 Å². The largest absolute Gasteiger partial charge is 0.481 e. The molecule has 8 nitrogen and oxygen atoms in total. The molecule has 0 atom stereocenters. The summed E-state index contributed by atoms with van der Waals surface area (Å²) >= 11 is 0. The van der Waals surface area contributed by atoms with E-state index in [4.69, 9.17) is 5.11 Å². The molecule has 0 aliphatic heterocycles. The van der Waals surface area contributed by atoms with Crippen LogP contribution in [0.2, 0.25) is 0 Å². The zero-order chi connectivity index (χ0) is 10.7. The molecular weight excluding hydrogens is 200 g/mol. The van der Waals surface area contributed by atoms with Gasteiger partial charge in [-0.25, -0.2) is 9.97 Å². The summed E-state index contributed by atoms with van der Waals surface area (Å²) < 4.78 is 0. The Balaban J connectivity index is 2.31. The van der Waals surface area contributed by atoms with E-state index in [1.54, 1.807) is 0 Å². The number of nitrogens with one attached hydrogen (secondary N) is 1. The maximum atomic E-state index is 10.5. The zero-order valence-electron chi connectivity index (χ0n) is 7.45. The van der Waals surface area contributed by atoms with E-state index in [1.165, 1.54) is 12.4 Å². The third kappa shape index (κ3) is 2.10. The normalized spacial score (nSPS) is 10.1. The number of aromatic amines is 1. The van der Waals surface area contributed by atoms with Crippen LogP contribution in [0, 0.1) is 0 Å². The number of H-pyrrole nitrogens is 1. The SMILES string of the molecule is O=C(O)Cc1cc(-c2nn[nH]n2)ncn1. The van der Waals surface area contributed by atoms with Gasteiger partial charge in [0.25, 0.3) is 0 Å². The van der Waals surface area contributed by atoms with Gasteiger partial charge in [-0.3, -0.25) is 4.79 Å². The Hall–Kier alpha value is -2.38. The van der Waals surface area contributed by atoms with Gasteiger partial charge in [0.1, 0.15) is 12.0 Å². The van der Waals surface area contributed by atoms with Crippen LogP contribution < -0.4 is 0 Å². The molecule has 76 valence electrons. The second kappa shape index (κ2) is 3.78. The van der Waals surface area contributed by atoms with E-state index in [0.717, 1.165) is 0 Å². The Bertz CT molecular complexity index is 468. The Morgan fingerprint density at radius 2 is 2.33 bits per heavy atom. The molecule has 8 heteroatoms. The van der Waals surface area contributed by atoms with Gasteiger partial charge in [0, 0.05) is 0 Å². The molecule has 0 fully saturated rings. The Labute approximate surface area is 83.4 Å². The number of carboxylic acid groups (broad SMARTS) is 1. The van der Waals surface area contributed by atoms with Crippen molar-refractivity contribution in [2.24, 2.45) is 0 Å². The van der Waals surface area contributed by atoms with Crippen LogP contribution in [-0.2, 0) is 11.2 Å². The molecule has 0 spiro atoms. The molecule has 0 saturated heterocycles. The summed E-state index contributed by atoms with van der Waals surface area (Å²) in [5.74, 6) is -0.642. The summed E-state index contributed by atoms with van der Waals surface area (Å²) in [5, 5.41) is 21.7. The highest BCUT2D eigenvalue weighted by Gasteiger charge is 2.08. The minimum atomic E-state index is -0.951. The van der Waals surface area contributed by atoms with Gasteiger partial charge < -0.3 is 5.11 Å². The van der Waals surface area contributed by atoms with E-state index in [9.17, 15) is 4.79 Å². The van der Waals surface area contributed by atoms with Gasteiger partial charge in [-0.05, 0) is 11.3 Å². The first-order valence-electron chi connectivity index (χ1n) is 4.02. The van der Waals surface area contributed by atoms with Gasteiger partial charge >= 0.3 is 5.97 Å². The first-order chi connectivity index (χ1) is 7.25. The van der Waals surface area contributed by atoms with Crippen LogP contribution in [0.15, 0.2) is 12.4 Å². The van der Waals surface area contributed by atoms with Crippen LogP contribution in [0.5, 0.6) is 0 Å². The second-order valence-electron chi connectivity index (χ2n) is 2.70. The minimum absolute atomic E-state index is 0.159. The first kappa shape index (κ1) is 9.19. The Morgan fingerprint density at radius 1 is 1.47 bits per heavy atom. The van der Waals surface area contributed by atoms with E-state index in [-0.39, 0.29) is 6.42 Å². The molecule has 2 aromatic rings. The second-order valence-corrected chi connectivity index (χ2v) is 2.70. The van der Waals surface area contributed by atoms with Crippen LogP contribution in [0.25, 0.3) is 11.5 Å². The van der Waals surface area contributed by atoms with Gasteiger partial charge in [0.15, 0.2) is 0 Å². The average molecular weight is 206 g/mol. The molecule has 0 unspecified atom stereocenters. The third-order valence-corrected chi connectivity index (χ3v) is 1.63. The van der Waals surface area contributed by atoms with Crippen molar-refractivity contribution in [1.82, 2.24) is 30.6 Å². The quantitative estimate of drug-likeness (QED) is 0.680. The maximum absolute atomic E-state index is 10.5. The van der Waals surface area contributed by atoms with E-state index < -0.39 is 5.97 Å². The third-order valence-electron chi connectivity index (χ3n) is 1.63. The molecule has 0 aliphatic carbocycles. The Morgan fingerprint density at radius 3 is 3.00 bits per heavy atom. The summed E-state index contributed by atoms with van der Waals surface area (Å²) in [7, 11) is 0. The van der Waals surface area contributed by atoms with Crippen LogP contribution in [-0.4, -0.2) is 41.7 Å². The number of nitrogens with zero attached hydrogens (tertiary/aromatic N) is 5. The van der Waals surface area contributed by atoms with Gasteiger partial charge in [0.2, 0.25) is 5.82 Å². The van der Waals surface area contributed by atoms with Gasteiger partial charge in [-0.15, -0.1) is 10.2 Å². The van der Waals surface area contributed by atoms with Gasteiger partial charge in [0.05, 0.1) is 12.1 Å². The van der Waals surface area contributed by atoms with Crippen molar-refractivity contribution >= 4 is 5.97 Å². The lowest BCUT2D eigenvalue weighted by Crippen LogP contribution is -2.03. The molecule has 2 N–H and O–H groups in total. The molecule has 2 rings (SSSR count). The molecule has 2 aromatic heterocycles. The lowest BCUT2D eigenvalue weighted by Gasteiger charge is -1.97. The van der Waals surface area contributed by atoms with Crippen LogP contribution in [0.3, 0.4) is 0 Å². The minimum Gasteiger partial charge on any atom is -0.481 e. The van der Waals surface area contributed by atoms with Crippen molar-refractivity contribution in [3.05, 3.63) is 18.1 Å². The number of tetrazole rings is 1. The van der Waals surface area contributed by atoms with E-state index >= 15 is 0 Å². The van der Waals surface area contributed by atoms with Crippen molar-refractivity contribution in [3.8, 4) is 11.5 Å².